The van der Waals surface area contributed by atoms with E-state index in [-0.39, 0.29) is 11.9 Å². The van der Waals surface area contributed by atoms with Crippen LogP contribution in [0, 0.1) is 0 Å². The lowest BCUT2D eigenvalue weighted by Gasteiger charge is -2.12. The fraction of sp³-hybridized carbons (Fsp3) is 0.500. The number of hydrogen-bond acceptors (Lipinski definition) is 3. The Morgan fingerprint density at radius 2 is 2.18 bits per heavy atom. The molecule has 3 heteroatoms. The summed E-state index contributed by atoms with van der Waals surface area (Å²) in [5.41, 5.74) is 0. The van der Waals surface area contributed by atoms with Crippen molar-refractivity contribution in [3.63, 3.8) is 0 Å². The van der Waals surface area contributed by atoms with Crippen molar-refractivity contribution in [2.45, 2.75) is 25.9 Å². The minimum absolute atomic E-state index is 0.00602. The van der Waals surface area contributed by atoms with Crippen LogP contribution in [-0.4, -0.2) is 17.9 Å². The maximum atomic E-state index is 10.8. The van der Waals surface area contributed by atoms with Gasteiger partial charge in [0.1, 0.15) is 0 Å². The lowest BCUT2D eigenvalue weighted by Crippen LogP contribution is -2.16. The minimum Gasteiger partial charge on any atom is -0.459 e. The van der Waals surface area contributed by atoms with Gasteiger partial charge in [-0.2, -0.15) is 0 Å². The number of allylic oxidation sites excluding steroid dienone is 1. The van der Waals surface area contributed by atoms with Crippen molar-refractivity contribution in [2.75, 3.05) is 0 Å². The van der Waals surface area contributed by atoms with E-state index in [1.807, 2.05) is 0 Å². The molecular formula is C8H10O3. The highest BCUT2D eigenvalue weighted by molar-refractivity contribution is 5.96. The summed E-state index contributed by atoms with van der Waals surface area (Å²) < 4.78 is 4.86. The zero-order valence-corrected chi connectivity index (χ0v) is 6.37. The second-order valence-corrected chi connectivity index (χ2v) is 2.59. The average Bonchev–Trinajstić information content (AvgIpc) is 1.95. The number of esters is 1. The van der Waals surface area contributed by atoms with Gasteiger partial charge in [0.05, 0.1) is 6.10 Å². The maximum absolute atomic E-state index is 10.8. The number of carbonyl (C=O) groups is 2. The molecule has 1 atom stereocenters. The van der Waals surface area contributed by atoms with E-state index < -0.39 is 5.97 Å². The standard InChI is InChI=1S/C8H10O3/c1-6-2-3-7(9)4-5-8(10)11-6/h4-6H,2-3H2,1H3/b5-4+. The Balaban J connectivity index is 2.65. The van der Waals surface area contributed by atoms with Crippen LogP contribution < -0.4 is 0 Å². The van der Waals surface area contributed by atoms with E-state index in [1.165, 1.54) is 12.2 Å². The first kappa shape index (κ1) is 7.98. The van der Waals surface area contributed by atoms with Crippen LogP contribution in [0.4, 0.5) is 0 Å². The van der Waals surface area contributed by atoms with Gasteiger partial charge >= 0.3 is 5.97 Å². The van der Waals surface area contributed by atoms with Crippen molar-refractivity contribution in [3.05, 3.63) is 12.2 Å². The Morgan fingerprint density at radius 1 is 1.45 bits per heavy atom. The number of ether oxygens (including phenoxy) is 1. The van der Waals surface area contributed by atoms with Crippen LogP contribution >= 0.6 is 0 Å². The van der Waals surface area contributed by atoms with Crippen molar-refractivity contribution in [1.29, 1.82) is 0 Å². The molecule has 1 aliphatic heterocycles. The highest BCUT2D eigenvalue weighted by Crippen LogP contribution is 2.06. The molecule has 0 N–H and O–H groups in total. The van der Waals surface area contributed by atoms with Crippen molar-refractivity contribution in [1.82, 2.24) is 0 Å². The summed E-state index contributed by atoms with van der Waals surface area (Å²) in [6.07, 6.45) is 3.39. The van der Waals surface area contributed by atoms with Gasteiger partial charge in [-0.1, -0.05) is 0 Å². The molecule has 0 aromatic carbocycles. The van der Waals surface area contributed by atoms with Crippen molar-refractivity contribution >= 4 is 11.8 Å². The molecule has 0 spiro atoms. The molecule has 1 heterocycles. The number of hydrogen-bond donors (Lipinski definition) is 0. The molecule has 0 saturated carbocycles. The van der Waals surface area contributed by atoms with E-state index in [1.54, 1.807) is 6.92 Å². The Kier molecular flexibility index (Phi) is 2.41. The highest BCUT2D eigenvalue weighted by atomic mass is 16.5. The molecule has 60 valence electrons. The molecule has 1 rings (SSSR count). The van der Waals surface area contributed by atoms with E-state index >= 15 is 0 Å². The predicted octanol–water partition coefficient (Wildman–Crippen LogP) is 0.837. The van der Waals surface area contributed by atoms with Crippen LogP contribution in [0.25, 0.3) is 0 Å². The molecule has 1 aliphatic rings. The lowest BCUT2D eigenvalue weighted by molar-refractivity contribution is -0.143. The van der Waals surface area contributed by atoms with Gasteiger partial charge in [-0.05, 0) is 19.4 Å². The fourth-order valence-corrected chi connectivity index (χ4v) is 0.886. The fourth-order valence-electron chi connectivity index (χ4n) is 0.886. The van der Waals surface area contributed by atoms with E-state index in [2.05, 4.69) is 0 Å². The van der Waals surface area contributed by atoms with Crippen molar-refractivity contribution in [2.24, 2.45) is 0 Å². The largest absolute Gasteiger partial charge is 0.459 e. The Morgan fingerprint density at radius 3 is 2.91 bits per heavy atom. The van der Waals surface area contributed by atoms with Gasteiger partial charge in [-0.25, -0.2) is 4.79 Å². The van der Waals surface area contributed by atoms with Gasteiger partial charge < -0.3 is 4.74 Å². The summed E-state index contributed by atoms with van der Waals surface area (Å²) in [5, 5.41) is 0. The first-order valence-electron chi connectivity index (χ1n) is 3.60. The van der Waals surface area contributed by atoms with Crippen LogP contribution in [0.3, 0.4) is 0 Å². The third-order valence-corrected chi connectivity index (χ3v) is 1.52. The topological polar surface area (TPSA) is 43.4 Å². The lowest BCUT2D eigenvalue weighted by atomic mass is 10.1. The zero-order valence-electron chi connectivity index (χ0n) is 6.37. The average molecular weight is 154 g/mol. The summed E-state index contributed by atoms with van der Waals surface area (Å²) in [7, 11) is 0. The van der Waals surface area contributed by atoms with Crippen LogP contribution in [0.15, 0.2) is 12.2 Å². The number of cyclic esters (lactones) is 1. The third kappa shape index (κ3) is 2.53. The van der Waals surface area contributed by atoms with Gasteiger partial charge in [0.2, 0.25) is 0 Å². The molecule has 0 radical (unpaired) electrons. The van der Waals surface area contributed by atoms with Crippen LogP contribution in [0.5, 0.6) is 0 Å². The molecule has 11 heavy (non-hydrogen) atoms. The van der Waals surface area contributed by atoms with Gasteiger partial charge in [-0.15, -0.1) is 0 Å². The molecule has 3 nitrogen and oxygen atoms in total. The van der Waals surface area contributed by atoms with Crippen molar-refractivity contribution in [3.8, 4) is 0 Å². The summed E-state index contributed by atoms with van der Waals surface area (Å²) >= 11 is 0. The molecule has 1 unspecified atom stereocenters. The Hall–Kier alpha value is -1.12. The highest BCUT2D eigenvalue weighted by Gasteiger charge is 2.11. The molecule has 0 fully saturated rings. The Bertz CT molecular complexity index is 205. The maximum Gasteiger partial charge on any atom is 0.331 e. The first-order valence-corrected chi connectivity index (χ1v) is 3.60. The van der Waals surface area contributed by atoms with Crippen molar-refractivity contribution < 1.29 is 14.3 Å². The Labute approximate surface area is 65.0 Å². The van der Waals surface area contributed by atoms with E-state index in [4.69, 9.17) is 4.74 Å². The molecule has 0 bridgehead atoms. The van der Waals surface area contributed by atoms with E-state index in [0.29, 0.717) is 12.8 Å². The monoisotopic (exact) mass is 154 g/mol. The SMILES string of the molecule is CC1CCC(=O)/C=C/C(=O)O1. The first-order chi connectivity index (χ1) is 5.18. The third-order valence-electron chi connectivity index (χ3n) is 1.52. The zero-order chi connectivity index (χ0) is 8.27. The smallest absolute Gasteiger partial charge is 0.331 e. The van der Waals surface area contributed by atoms with Crippen LogP contribution in [0.2, 0.25) is 0 Å². The summed E-state index contributed by atoms with van der Waals surface area (Å²) in [6.45, 7) is 1.78. The summed E-state index contributed by atoms with van der Waals surface area (Å²) in [4.78, 5) is 21.6. The number of rotatable bonds is 0. The van der Waals surface area contributed by atoms with Gasteiger partial charge in [0.15, 0.2) is 5.78 Å². The number of ketones is 1. The second kappa shape index (κ2) is 3.32. The van der Waals surface area contributed by atoms with Gasteiger partial charge in [-0.3, -0.25) is 4.79 Å². The molecule has 0 saturated heterocycles. The van der Waals surface area contributed by atoms with Gasteiger partial charge in [0, 0.05) is 12.5 Å². The summed E-state index contributed by atoms with van der Waals surface area (Å²) in [6, 6.07) is 0. The van der Waals surface area contributed by atoms with Gasteiger partial charge in [0.25, 0.3) is 0 Å². The molecule has 0 amide bonds. The van der Waals surface area contributed by atoms with Crippen LogP contribution in [-0.2, 0) is 14.3 Å². The molecule has 0 aromatic rings. The summed E-state index contributed by atoms with van der Waals surface area (Å²) in [5.74, 6) is -0.431. The quantitative estimate of drug-likeness (QED) is 0.485. The minimum atomic E-state index is -0.425. The molecule has 0 aliphatic carbocycles. The molecule has 0 aromatic heterocycles. The molecular weight excluding hydrogens is 144 g/mol. The second-order valence-electron chi connectivity index (χ2n) is 2.59. The number of carbonyl (C=O) groups excluding carboxylic acids is 2. The van der Waals surface area contributed by atoms with E-state index in [0.717, 1.165) is 0 Å². The van der Waals surface area contributed by atoms with E-state index in [9.17, 15) is 9.59 Å². The normalized spacial score (nSPS) is 28.6. The van der Waals surface area contributed by atoms with Crippen LogP contribution in [0.1, 0.15) is 19.8 Å². The predicted molar refractivity (Wildman–Crippen MR) is 38.9 cm³/mol.